The lowest BCUT2D eigenvalue weighted by Gasteiger charge is -2.18. The molecule has 0 aliphatic rings. The molecule has 0 N–H and O–H groups in total. The van der Waals surface area contributed by atoms with Crippen LogP contribution in [0.5, 0.6) is 0 Å². The average Bonchev–Trinajstić information content (AvgIpc) is 3.26. The Hall–Kier alpha value is -4.19. The van der Waals surface area contributed by atoms with Crippen molar-refractivity contribution in [2.45, 2.75) is 194 Å². The Labute approximate surface area is 373 Å². The molecular formula is C55H86O6. The van der Waals surface area contributed by atoms with E-state index in [1.54, 1.807) is 0 Å². The second kappa shape index (κ2) is 48.5. The quantitative estimate of drug-likeness (QED) is 0.0264. The number of allylic oxidation sites excluding steroid dienone is 20. The van der Waals surface area contributed by atoms with Crippen LogP contribution in [0.1, 0.15) is 188 Å². The fraction of sp³-hybridized carbons (Fsp3) is 0.582. The van der Waals surface area contributed by atoms with Gasteiger partial charge < -0.3 is 14.2 Å². The molecule has 0 aromatic rings. The zero-order valence-corrected chi connectivity index (χ0v) is 38.9. The molecule has 0 aliphatic carbocycles. The number of hydrogen-bond donors (Lipinski definition) is 0. The predicted molar refractivity (Wildman–Crippen MR) is 260 cm³/mol. The molecule has 0 heterocycles. The smallest absolute Gasteiger partial charge is 0.306 e. The molecule has 0 radical (unpaired) electrons. The Morgan fingerprint density at radius 1 is 0.344 bits per heavy atom. The molecule has 0 amide bonds. The van der Waals surface area contributed by atoms with Gasteiger partial charge in [-0.3, -0.25) is 14.4 Å². The van der Waals surface area contributed by atoms with E-state index in [2.05, 4.69) is 142 Å². The second-order valence-electron chi connectivity index (χ2n) is 15.2. The molecule has 6 heteroatoms. The standard InChI is InChI=1S/C55H86O6/c1-4-7-10-13-16-19-22-25-27-30-33-36-39-42-45-48-54(57)60-51-52(50-59-53(56)47-44-41-38-35-32-29-24-21-18-15-12-9-6-3)61-55(58)49-46-43-40-37-34-31-28-26-23-20-17-14-11-8-5-2/h7-8,10-12,15-17,19-21,24-28,33-34,36-37,52H,4-6,9,13-14,18,22-23,29-32,35,38-51H2,1-3H3/b10-7-,11-8-,15-12-,19-16-,20-17-,24-21-,27-25-,28-26-,36-33-,37-34-. The minimum absolute atomic E-state index is 0.119. The normalized spacial score (nSPS) is 13.2. The maximum absolute atomic E-state index is 12.8. The van der Waals surface area contributed by atoms with Crippen molar-refractivity contribution in [3.8, 4) is 0 Å². The summed E-state index contributed by atoms with van der Waals surface area (Å²) in [6, 6.07) is 0. The molecule has 0 saturated carbocycles. The number of unbranched alkanes of at least 4 members (excludes halogenated alkanes) is 10. The Balaban J connectivity index is 4.58. The molecule has 1 atom stereocenters. The molecule has 342 valence electrons. The summed E-state index contributed by atoms with van der Waals surface area (Å²) >= 11 is 0. The molecular weight excluding hydrogens is 757 g/mol. The number of rotatable bonds is 41. The van der Waals surface area contributed by atoms with E-state index in [9.17, 15) is 14.4 Å². The molecule has 0 aromatic carbocycles. The van der Waals surface area contributed by atoms with Gasteiger partial charge in [0.1, 0.15) is 13.2 Å². The van der Waals surface area contributed by atoms with Crippen molar-refractivity contribution in [2.24, 2.45) is 0 Å². The fourth-order valence-electron chi connectivity index (χ4n) is 5.87. The molecule has 0 rings (SSSR count). The van der Waals surface area contributed by atoms with Crippen LogP contribution in [0.25, 0.3) is 0 Å². The summed E-state index contributed by atoms with van der Waals surface area (Å²) in [5.41, 5.74) is 0. The fourth-order valence-corrected chi connectivity index (χ4v) is 5.87. The van der Waals surface area contributed by atoms with Crippen LogP contribution in [0.3, 0.4) is 0 Å². The number of ether oxygens (including phenoxy) is 3. The molecule has 61 heavy (non-hydrogen) atoms. The van der Waals surface area contributed by atoms with E-state index in [0.29, 0.717) is 19.3 Å². The van der Waals surface area contributed by atoms with E-state index in [1.807, 2.05) is 0 Å². The van der Waals surface area contributed by atoms with Gasteiger partial charge in [-0.1, -0.05) is 168 Å². The van der Waals surface area contributed by atoms with E-state index >= 15 is 0 Å². The highest BCUT2D eigenvalue weighted by Gasteiger charge is 2.19. The van der Waals surface area contributed by atoms with Crippen molar-refractivity contribution < 1.29 is 28.6 Å². The van der Waals surface area contributed by atoms with Gasteiger partial charge in [-0.2, -0.15) is 0 Å². The maximum atomic E-state index is 12.8. The first-order valence-electron chi connectivity index (χ1n) is 24.0. The number of esters is 3. The van der Waals surface area contributed by atoms with E-state index in [1.165, 1.54) is 6.42 Å². The summed E-state index contributed by atoms with van der Waals surface area (Å²) in [6.07, 6.45) is 66.1. The summed E-state index contributed by atoms with van der Waals surface area (Å²) in [4.78, 5) is 37.9. The number of hydrogen-bond acceptors (Lipinski definition) is 6. The molecule has 0 saturated heterocycles. The van der Waals surface area contributed by atoms with Gasteiger partial charge in [0.05, 0.1) is 0 Å². The van der Waals surface area contributed by atoms with E-state index in [0.717, 1.165) is 128 Å². The van der Waals surface area contributed by atoms with Gasteiger partial charge >= 0.3 is 17.9 Å². The van der Waals surface area contributed by atoms with E-state index < -0.39 is 6.10 Å². The van der Waals surface area contributed by atoms with Crippen LogP contribution in [-0.4, -0.2) is 37.2 Å². The van der Waals surface area contributed by atoms with E-state index in [-0.39, 0.29) is 44.0 Å². The molecule has 6 nitrogen and oxygen atoms in total. The lowest BCUT2D eigenvalue weighted by Crippen LogP contribution is -2.30. The third kappa shape index (κ3) is 46.7. The molecule has 0 fully saturated rings. The molecule has 0 spiro atoms. The second-order valence-corrected chi connectivity index (χ2v) is 15.2. The molecule has 0 bridgehead atoms. The Bertz CT molecular complexity index is 1340. The third-order valence-corrected chi connectivity index (χ3v) is 9.41. The summed E-state index contributed by atoms with van der Waals surface area (Å²) in [7, 11) is 0. The van der Waals surface area contributed by atoms with Crippen molar-refractivity contribution in [2.75, 3.05) is 13.2 Å². The van der Waals surface area contributed by atoms with Crippen molar-refractivity contribution in [1.82, 2.24) is 0 Å². The van der Waals surface area contributed by atoms with Crippen LogP contribution >= 0.6 is 0 Å². The third-order valence-electron chi connectivity index (χ3n) is 9.41. The summed E-state index contributed by atoms with van der Waals surface area (Å²) in [5.74, 6) is -1.03. The maximum Gasteiger partial charge on any atom is 0.306 e. The average molecular weight is 843 g/mol. The predicted octanol–water partition coefficient (Wildman–Crippen LogP) is 15.7. The van der Waals surface area contributed by atoms with Crippen LogP contribution in [0.4, 0.5) is 0 Å². The first kappa shape index (κ1) is 56.8. The number of carbonyl (C=O) groups is 3. The summed E-state index contributed by atoms with van der Waals surface area (Å²) in [6.45, 7) is 6.23. The summed E-state index contributed by atoms with van der Waals surface area (Å²) < 4.78 is 16.7. The first-order chi connectivity index (χ1) is 30.0. The minimum Gasteiger partial charge on any atom is -0.462 e. The highest BCUT2D eigenvalue weighted by atomic mass is 16.6. The lowest BCUT2D eigenvalue weighted by atomic mass is 10.1. The Morgan fingerprint density at radius 3 is 1.03 bits per heavy atom. The van der Waals surface area contributed by atoms with Gasteiger partial charge in [0, 0.05) is 19.3 Å². The van der Waals surface area contributed by atoms with Crippen molar-refractivity contribution in [3.05, 3.63) is 122 Å². The van der Waals surface area contributed by atoms with Crippen molar-refractivity contribution in [3.63, 3.8) is 0 Å². The molecule has 1 unspecified atom stereocenters. The first-order valence-corrected chi connectivity index (χ1v) is 24.0. The van der Waals surface area contributed by atoms with Gasteiger partial charge in [0.25, 0.3) is 0 Å². The van der Waals surface area contributed by atoms with Crippen molar-refractivity contribution >= 4 is 17.9 Å². The largest absolute Gasteiger partial charge is 0.462 e. The zero-order valence-electron chi connectivity index (χ0n) is 38.9. The van der Waals surface area contributed by atoms with Crippen LogP contribution in [0.15, 0.2) is 122 Å². The highest BCUT2D eigenvalue weighted by molar-refractivity contribution is 5.71. The molecule has 0 aromatic heterocycles. The molecule has 0 aliphatic heterocycles. The van der Waals surface area contributed by atoms with Gasteiger partial charge in [-0.05, 0) is 122 Å². The van der Waals surface area contributed by atoms with Gasteiger partial charge in [-0.25, -0.2) is 0 Å². The Kier molecular flexibility index (Phi) is 45.1. The van der Waals surface area contributed by atoms with Gasteiger partial charge in [0.2, 0.25) is 0 Å². The van der Waals surface area contributed by atoms with E-state index in [4.69, 9.17) is 14.2 Å². The van der Waals surface area contributed by atoms with Crippen LogP contribution in [-0.2, 0) is 28.6 Å². The van der Waals surface area contributed by atoms with Gasteiger partial charge in [0.15, 0.2) is 6.10 Å². The topological polar surface area (TPSA) is 78.9 Å². The van der Waals surface area contributed by atoms with Crippen LogP contribution in [0.2, 0.25) is 0 Å². The van der Waals surface area contributed by atoms with Gasteiger partial charge in [-0.15, -0.1) is 0 Å². The zero-order chi connectivity index (χ0) is 44.4. The highest BCUT2D eigenvalue weighted by Crippen LogP contribution is 2.11. The minimum atomic E-state index is -0.825. The number of carbonyl (C=O) groups excluding carboxylic acids is 3. The van der Waals surface area contributed by atoms with Crippen LogP contribution in [0, 0.1) is 0 Å². The summed E-state index contributed by atoms with van der Waals surface area (Å²) in [5, 5.41) is 0. The van der Waals surface area contributed by atoms with Crippen LogP contribution < -0.4 is 0 Å². The van der Waals surface area contributed by atoms with Crippen molar-refractivity contribution in [1.29, 1.82) is 0 Å². The Morgan fingerprint density at radius 2 is 0.639 bits per heavy atom. The SMILES string of the molecule is CC/C=C\C/C=C\C/C=C\C/C=C\CCCCC(=O)OCC(COC(=O)CCCCCCC/C=C\C/C=C\CCC)OC(=O)CCCC/C=C\C/C=C\C/C=C\C/C=C\CC. The monoisotopic (exact) mass is 843 g/mol. The lowest BCUT2D eigenvalue weighted by molar-refractivity contribution is -0.167.